The normalized spacial score (nSPS) is 23.6. The van der Waals surface area contributed by atoms with E-state index in [9.17, 15) is 9.59 Å². The van der Waals surface area contributed by atoms with E-state index in [1.807, 2.05) is 0 Å². The van der Waals surface area contributed by atoms with Crippen LogP contribution in [-0.2, 0) is 9.59 Å². The van der Waals surface area contributed by atoms with Crippen LogP contribution in [0.1, 0.15) is 39.0 Å². The molecule has 2 aliphatic rings. The first kappa shape index (κ1) is 14.3. The Morgan fingerprint density at radius 1 is 1.32 bits per heavy atom. The molecule has 2 amide bonds. The lowest BCUT2D eigenvalue weighted by molar-refractivity contribution is -0.146. The number of hydrogen-bond donors (Lipinski definition) is 2. The zero-order valence-electron chi connectivity index (χ0n) is 11.8. The summed E-state index contributed by atoms with van der Waals surface area (Å²) < 4.78 is 0. The van der Waals surface area contributed by atoms with E-state index in [-0.39, 0.29) is 23.8 Å². The van der Waals surface area contributed by atoms with Crippen molar-refractivity contribution in [3.8, 4) is 0 Å². The second-order valence-corrected chi connectivity index (χ2v) is 5.71. The third kappa shape index (κ3) is 3.26. The third-order valence-corrected chi connectivity index (χ3v) is 4.29. The van der Waals surface area contributed by atoms with Gasteiger partial charge in [0.2, 0.25) is 11.8 Å². The number of carbonyl (C=O) groups excluding carboxylic acids is 2. The van der Waals surface area contributed by atoms with Gasteiger partial charge in [0, 0.05) is 13.1 Å². The minimum absolute atomic E-state index is 0.0218. The summed E-state index contributed by atoms with van der Waals surface area (Å²) in [6.45, 7) is 5.57. The largest absolute Gasteiger partial charge is 0.354 e. The average molecular weight is 267 g/mol. The van der Waals surface area contributed by atoms with E-state index in [0.717, 1.165) is 45.2 Å². The van der Waals surface area contributed by atoms with E-state index in [2.05, 4.69) is 17.6 Å². The lowest BCUT2D eigenvalue weighted by Crippen LogP contribution is -2.50. The van der Waals surface area contributed by atoms with Crippen molar-refractivity contribution in [2.45, 2.75) is 39.0 Å². The summed E-state index contributed by atoms with van der Waals surface area (Å²) in [4.78, 5) is 26.3. The summed E-state index contributed by atoms with van der Waals surface area (Å²) in [7, 11) is 0. The molecule has 0 aromatic heterocycles. The smallest absolute Gasteiger partial charge is 0.239 e. The summed E-state index contributed by atoms with van der Waals surface area (Å²) in [5.74, 6) is 0.180. The molecule has 0 saturated carbocycles. The third-order valence-electron chi connectivity index (χ3n) is 4.29. The topological polar surface area (TPSA) is 61.4 Å². The number of nitrogens with one attached hydrogen (secondary N) is 2. The molecule has 5 heteroatoms. The van der Waals surface area contributed by atoms with Gasteiger partial charge in [-0.1, -0.05) is 13.3 Å². The Bertz CT molecular complexity index is 332. The lowest BCUT2D eigenvalue weighted by Gasteiger charge is -2.39. The van der Waals surface area contributed by atoms with Crippen LogP contribution in [0.2, 0.25) is 0 Å². The molecule has 2 rings (SSSR count). The first-order valence-corrected chi connectivity index (χ1v) is 7.45. The molecule has 0 radical (unpaired) electrons. The predicted molar refractivity (Wildman–Crippen MR) is 73.7 cm³/mol. The number of rotatable bonds is 3. The van der Waals surface area contributed by atoms with Gasteiger partial charge in [-0.25, -0.2) is 0 Å². The van der Waals surface area contributed by atoms with Crippen molar-refractivity contribution in [1.82, 2.24) is 15.5 Å². The molecule has 2 fully saturated rings. The molecule has 2 saturated heterocycles. The van der Waals surface area contributed by atoms with Crippen LogP contribution in [0, 0.1) is 5.41 Å². The van der Waals surface area contributed by atoms with Crippen molar-refractivity contribution >= 4 is 11.8 Å². The number of amides is 2. The van der Waals surface area contributed by atoms with Crippen LogP contribution < -0.4 is 10.6 Å². The Morgan fingerprint density at radius 2 is 2.05 bits per heavy atom. The fourth-order valence-electron chi connectivity index (χ4n) is 3.27. The number of hydrogen-bond acceptors (Lipinski definition) is 3. The summed E-state index contributed by atoms with van der Waals surface area (Å²) in [6, 6.07) is 0. The monoisotopic (exact) mass is 267 g/mol. The highest BCUT2D eigenvalue weighted by molar-refractivity contribution is 5.88. The molecule has 0 aromatic rings. The molecule has 0 atom stereocenters. The summed E-state index contributed by atoms with van der Waals surface area (Å²) >= 11 is 0. The number of carbonyl (C=O) groups is 2. The van der Waals surface area contributed by atoms with Crippen LogP contribution in [0.4, 0.5) is 0 Å². The maximum absolute atomic E-state index is 12.9. The summed E-state index contributed by atoms with van der Waals surface area (Å²) in [5.41, 5.74) is -0.232. The van der Waals surface area contributed by atoms with Crippen molar-refractivity contribution in [3.05, 3.63) is 0 Å². The molecule has 0 aliphatic carbocycles. The Morgan fingerprint density at radius 3 is 2.74 bits per heavy atom. The highest BCUT2D eigenvalue weighted by Crippen LogP contribution is 2.36. The fourth-order valence-corrected chi connectivity index (χ4v) is 3.27. The van der Waals surface area contributed by atoms with Gasteiger partial charge in [0.05, 0.1) is 12.0 Å². The van der Waals surface area contributed by atoms with Gasteiger partial charge in [0.15, 0.2) is 0 Å². The van der Waals surface area contributed by atoms with Crippen LogP contribution >= 0.6 is 0 Å². The van der Waals surface area contributed by atoms with Crippen molar-refractivity contribution in [2.24, 2.45) is 5.41 Å². The predicted octanol–water partition coefficient (Wildman–Crippen LogP) is 0.505. The zero-order chi connectivity index (χ0) is 13.7. The Kier molecular flexibility index (Phi) is 4.80. The van der Waals surface area contributed by atoms with Crippen LogP contribution in [0.25, 0.3) is 0 Å². The van der Waals surface area contributed by atoms with E-state index in [4.69, 9.17) is 0 Å². The summed E-state index contributed by atoms with van der Waals surface area (Å²) in [6.07, 6.45) is 4.62. The molecule has 0 bridgehead atoms. The highest BCUT2D eigenvalue weighted by atomic mass is 16.2. The molecule has 0 unspecified atom stereocenters. The van der Waals surface area contributed by atoms with Crippen molar-refractivity contribution in [2.75, 3.05) is 32.7 Å². The van der Waals surface area contributed by atoms with Crippen LogP contribution in [0.5, 0.6) is 0 Å². The SMILES string of the molecule is CCCC1(C(=O)N2CCCNC(=O)C2)CCNCC1. The van der Waals surface area contributed by atoms with Crippen LogP contribution in [-0.4, -0.2) is 49.4 Å². The van der Waals surface area contributed by atoms with E-state index >= 15 is 0 Å². The van der Waals surface area contributed by atoms with Gasteiger partial charge in [-0.05, 0) is 38.8 Å². The van der Waals surface area contributed by atoms with E-state index in [1.54, 1.807) is 4.90 Å². The molecule has 5 nitrogen and oxygen atoms in total. The Balaban J connectivity index is 2.11. The van der Waals surface area contributed by atoms with Gasteiger partial charge >= 0.3 is 0 Å². The number of piperidine rings is 1. The van der Waals surface area contributed by atoms with E-state index in [0.29, 0.717) is 13.1 Å². The molecule has 2 N–H and O–H groups in total. The van der Waals surface area contributed by atoms with E-state index in [1.165, 1.54) is 0 Å². The number of nitrogens with zero attached hydrogens (tertiary/aromatic N) is 1. The van der Waals surface area contributed by atoms with Crippen LogP contribution in [0.15, 0.2) is 0 Å². The first-order chi connectivity index (χ1) is 9.18. The Labute approximate surface area is 115 Å². The molecule has 0 aromatic carbocycles. The molecular weight excluding hydrogens is 242 g/mol. The van der Waals surface area contributed by atoms with Gasteiger partial charge < -0.3 is 15.5 Å². The van der Waals surface area contributed by atoms with Crippen molar-refractivity contribution in [3.63, 3.8) is 0 Å². The fraction of sp³-hybridized carbons (Fsp3) is 0.857. The second kappa shape index (κ2) is 6.37. The van der Waals surface area contributed by atoms with Gasteiger partial charge in [-0.3, -0.25) is 9.59 Å². The quantitative estimate of drug-likeness (QED) is 0.783. The van der Waals surface area contributed by atoms with Gasteiger partial charge in [-0.2, -0.15) is 0 Å². The Hall–Kier alpha value is -1.10. The standard InChI is InChI=1S/C14H25N3O2/c1-2-4-14(5-8-15-9-6-14)13(19)17-10-3-7-16-12(18)11-17/h15H,2-11H2,1H3,(H,16,18). The van der Waals surface area contributed by atoms with Gasteiger partial charge in [0.25, 0.3) is 0 Å². The second-order valence-electron chi connectivity index (χ2n) is 5.71. The molecule has 0 spiro atoms. The average Bonchev–Trinajstić information content (AvgIpc) is 2.64. The highest BCUT2D eigenvalue weighted by Gasteiger charge is 2.41. The maximum Gasteiger partial charge on any atom is 0.239 e. The van der Waals surface area contributed by atoms with Crippen LogP contribution in [0.3, 0.4) is 0 Å². The minimum Gasteiger partial charge on any atom is -0.354 e. The minimum atomic E-state index is -0.232. The van der Waals surface area contributed by atoms with Crippen molar-refractivity contribution in [1.29, 1.82) is 0 Å². The summed E-state index contributed by atoms with van der Waals surface area (Å²) in [5, 5.41) is 6.16. The molecule has 2 aliphatic heterocycles. The van der Waals surface area contributed by atoms with E-state index < -0.39 is 0 Å². The maximum atomic E-state index is 12.9. The zero-order valence-corrected chi connectivity index (χ0v) is 11.8. The molecule has 2 heterocycles. The molecular formula is C14H25N3O2. The molecule has 19 heavy (non-hydrogen) atoms. The molecule has 108 valence electrons. The first-order valence-electron chi connectivity index (χ1n) is 7.45. The van der Waals surface area contributed by atoms with Crippen molar-refractivity contribution < 1.29 is 9.59 Å². The lowest BCUT2D eigenvalue weighted by atomic mass is 9.74. The van der Waals surface area contributed by atoms with Gasteiger partial charge in [0.1, 0.15) is 0 Å². The van der Waals surface area contributed by atoms with Gasteiger partial charge in [-0.15, -0.1) is 0 Å².